The summed E-state index contributed by atoms with van der Waals surface area (Å²) in [5.74, 6) is -0.803. The van der Waals surface area contributed by atoms with Crippen LogP contribution in [0.5, 0.6) is 11.5 Å². The van der Waals surface area contributed by atoms with Crippen LogP contribution in [-0.4, -0.2) is 12.2 Å². The van der Waals surface area contributed by atoms with Gasteiger partial charge in [-0.25, -0.2) is 0 Å². The second-order valence-electron chi connectivity index (χ2n) is 1.54. The van der Waals surface area contributed by atoms with E-state index in [-0.39, 0.29) is 5.75 Å². The third-order valence-electron chi connectivity index (χ3n) is 1.05. The Labute approximate surface area is 50.0 Å². The molecule has 0 radical (unpaired) electrons. The van der Waals surface area contributed by atoms with Gasteiger partial charge in [0.1, 0.15) is 0 Å². The van der Waals surface area contributed by atoms with Gasteiger partial charge in [0.25, 0.3) is 10.9 Å². The topological polar surface area (TPSA) is 63.6 Å². The van der Waals surface area contributed by atoms with Crippen molar-refractivity contribution in [3.05, 3.63) is 20.4 Å². The lowest BCUT2D eigenvalue weighted by molar-refractivity contribution is 0.357. The third-order valence-corrected chi connectivity index (χ3v) is 1.05. The molecule has 4 nitrogen and oxygen atoms in total. The lowest BCUT2D eigenvalue weighted by Crippen LogP contribution is -2.30. The average molecular weight is 128 g/mol. The Balaban J connectivity index is 3.25. The summed E-state index contributed by atoms with van der Waals surface area (Å²) in [4.78, 5) is 20.5. The van der Waals surface area contributed by atoms with Crippen molar-refractivity contribution in [3.8, 4) is 11.5 Å². The van der Waals surface area contributed by atoms with Crippen LogP contribution in [0.3, 0.4) is 0 Å². The van der Waals surface area contributed by atoms with E-state index in [1.165, 1.54) is 7.11 Å². The summed E-state index contributed by atoms with van der Waals surface area (Å²) in [6, 6.07) is 0. The summed E-state index contributed by atoms with van der Waals surface area (Å²) in [6.45, 7) is 0. The van der Waals surface area contributed by atoms with Gasteiger partial charge >= 0.3 is 0 Å². The first-order chi connectivity index (χ1) is 4.18. The summed E-state index contributed by atoms with van der Waals surface area (Å²) in [6.07, 6.45) is 0. The van der Waals surface area contributed by atoms with Crippen LogP contribution in [0.1, 0.15) is 0 Å². The van der Waals surface area contributed by atoms with Crippen molar-refractivity contribution in [2.24, 2.45) is 0 Å². The second-order valence-corrected chi connectivity index (χ2v) is 1.54. The van der Waals surface area contributed by atoms with Crippen molar-refractivity contribution in [1.29, 1.82) is 0 Å². The van der Waals surface area contributed by atoms with Crippen LogP contribution in [-0.2, 0) is 0 Å². The highest BCUT2D eigenvalue weighted by Crippen LogP contribution is 2.15. The van der Waals surface area contributed by atoms with Gasteiger partial charge in [0, 0.05) is 0 Å². The van der Waals surface area contributed by atoms with Gasteiger partial charge in [-0.15, -0.1) is 0 Å². The van der Waals surface area contributed by atoms with E-state index in [1.807, 2.05) is 0 Å². The lowest BCUT2D eigenvalue weighted by atomic mass is 10.2. The van der Waals surface area contributed by atoms with Gasteiger partial charge in [0.2, 0.25) is 11.5 Å². The first kappa shape index (κ1) is 5.81. The molecule has 0 aromatic heterocycles. The zero-order valence-corrected chi connectivity index (χ0v) is 4.67. The Hall–Kier alpha value is -1.32. The van der Waals surface area contributed by atoms with E-state index >= 15 is 0 Å². The monoisotopic (exact) mass is 128 g/mol. The van der Waals surface area contributed by atoms with E-state index in [4.69, 9.17) is 5.11 Å². The highest BCUT2D eigenvalue weighted by atomic mass is 16.5. The standard InChI is InChI=1S/C5H4O4/c1-9-5-3(7)2(6)4(5)8/h7H,1H3. The summed E-state index contributed by atoms with van der Waals surface area (Å²) in [5, 5.41) is 8.53. The first-order valence-electron chi connectivity index (χ1n) is 2.24. The number of hydrogen-bond acceptors (Lipinski definition) is 4. The zero-order valence-electron chi connectivity index (χ0n) is 4.67. The van der Waals surface area contributed by atoms with Crippen LogP contribution in [0.25, 0.3) is 0 Å². The summed E-state index contributed by atoms with van der Waals surface area (Å²) < 4.78 is 4.34. The van der Waals surface area contributed by atoms with E-state index < -0.39 is 16.6 Å². The molecule has 1 aromatic rings. The molecule has 0 aliphatic rings. The van der Waals surface area contributed by atoms with Crippen molar-refractivity contribution in [2.75, 3.05) is 7.11 Å². The van der Waals surface area contributed by atoms with Gasteiger partial charge in [0.05, 0.1) is 7.11 Å². The molecule has 1 rings (SSSR count). The highest BCUT2D eigenvalue weighted by molar-refractivity contribution is 5.44. The average Bonchev–Trinajstić information content (AvgIpc) is 1.89. The van der Waals surface area contributed by atoms with Crippen molar-refractivity contribution < 1.29 is 9.84 Å². The molecule has 0 amide bonds. The fourth-order valence-corrected chi connectivity index (χ4v) is 0.548. The molecule has 0 saturated carbocycles. The zero-order chi connectivity index (χ0) is 7.02. The molecular formula is C5H4O4. The smallest absolute Gasteiger partial charge is 0.275 e. The molecule has 0 unspecified atom stereocenters. The van der Waals surface area contributed by atoms with Gasteiger partial charge in [-0.3, -0.25) is 9.59 Å². The molecule has 1 aromatic carbocycles. The predicted molar refractivity (Wildman–Crippen MR) is 29.6 cm³/mol. The maximum Gasteiger partial charge on any atom is 0.275 e. The number of ether oxygens (including phenoxy) is 1. The van der Waals surface area contributed by atoms with Crippen LogP contribution in [0.15, 0.2) is 9.59 Å². The highest BCUT2D eigenvalue weighted by Gasteiger charge is 2.19. The molecule has 0 aliphatic carbocycles. The number of hydrogen-bond donors (Lipinski definition) is 1. The van der Waals surface area contributed by atoms with Crippen molar-refractivity contribution >= 4 is 0 Å². The molecule has 9 heavy (non-hydrogen) atoms. The van der Waals surface area contributed by atoms with Crippen LogP contribution in [0.4, 0.5) is 0 Å². The normalized spacial score (nSPS) is 9.89. The van der Waals surface area contributed by atoms with Gasteiger partial charge in [0.15, 0.2) is 0 Å². The van der Waals surface area contributed by atoms with Crippen LogP contribution in [0.2, 0.25) is 0 Å². The molecule has 0 bridgehead atoms. The summed E-state index contributed by atoms with van der Waals surface area (Å²) >= 11 is 0. The Bertz CT molecular complexity index is 292. The SMILES string of the molecule is COc1c(O)c(=O)c1=O. The van der Waals surface area contributed by atoms with Crippen LogP contribution < -0.4 is 15.6 Å². The molecule has 48 valence electrons. The van der Waals surface area contributed by atoms with E-state index in [2.05, 4.69) is 4.74 Å². The van der Waals surface area contributed by atoms with Crippen molar-refractivity contribution in [1.82, 2.24) is 0 Å². The molecule has 0 aliphatic heterocycles. The Kier molecular flexibility index (Phi) is 1.02. The number of methoxy groups -OCH3 is 1. The van der Waals surface area contributed by atoms with Crippen molar-refractivity contribution in [2.45, 2.75) is 0 Å². The second kappa shape index (κ2) is 1.58. The van der Waals surface area contributed by atoms with Crippen molar-refractivity contribution in [3.63, 3.8) is 0 Å². The van der Waals surface area contributed by atoms with Crippen LogP contribution in [0, 0.1) is 0 Å². The minimum Gasteiger partial charge on any atom is -0.501 e. The number of rotatable bonds is 1. The maximum absolute atomic E-state index is 10.3. The fraction of sp³-hybridized carbons (Fsp3) is 0.200. The largest absolute Gasteiger partial charge is 0.501 e. The summed E-state index contributed by atoms with van der Waals surface area (Å²) in [5.41, 5.74) is -1.62. The molecule has 4 heteroatoms. The molecule has 0 atom stereocenters. The third kappa shape index (κ3) is 0.526. The van der Waals surface area contributed by atoms with Crippen LogP contribution >= 0.6 is 0 Å². The van der Waals surface area contributed by atoms with Gasteiger partial charge in [-0.05, 0) is 0 Å². The maximum atomic E-state index is 10.3. The van der Waals surface area contributed by atoms with E-state index in [0.717, 1.165) is 0 Å². The molecule has 0 saturated heterocycles. The Morgan fingerprint density at radius 1 is 1.33 bits per heavy atom. The van der Waals surface area contributed by atoms with E-state index in [9.17, 15) is 9.59 Å². The Morgan fingerprint density at radius 3 is 2.11 bits per heavy atom. The molecule has 1 N–H and O–H groups in total. The number of aromatic hydroxyl groups is 1. The molecule has 0 fully saturated rings. The fourth-order valence-electron chi connectivity index (χ4n) is 0.548. The van der Waals surface area contributed by atoms with E-state index in [0.29, 0.717) is 0 Å². The first-order valence-corrected chi connectivity index (χ1v) is 2.24. The minimum atomic E-state index is -0.869. The van der Waals surface area contributed by atoms with E-state index in [1.54, 1.807) is 0 Å². The minimum absolute atomic E-state index is 0.236. The van der Waals surface area contributed by atoms with Gasteiger partial charge < -0.3 is 9.84 Å². The molecule has 0 heterocycles. The molecule has 0 spiro atoms. The quantitative estimate of drug-likeness (QED) is 0.492. The molecular weight excluding hydrogens is 124 g/mol. The predicted octanol–water partition coefficient (Wildman–Crippen LogP) is -1.00. The summed E-state index contributed by atoms with van der Waals surface area (Å²) in [7, 11) is 1.22. The Morgan fingerprint density at radius 2 is 1.89 bits per heavy atom. The van der Waals surface area contributed by atoms with Gasteiger partial charge in [-0.1, -0.05) is 0 Å². The van der Waals surface area contributed by atoms with Gasteiger partial charge in [-0.2, -0.15) is 0 Å². The lowest BCUT2D eigenvalue weighted by Gasteiger charge is -2.00.